The monoisotopic (exact) mass is 348 g/mol. The number of hydrogen-bond acceptors (Lipinski definition) is 4. The molecule has 128 valence electrons. The second kappa shape index (κ2) is 6.02. The van der Waals surface area contributed by atoms with Crippen LogP contribution in [0.25, 0.3) is 0 Å². The molecule has 0 saturated heterocycles. The van der Waals surface area contributed by atoms with Crippen LogP contribution in [0.4, 0.5) is 30.7 Å². The van der Waals surface area contributed by atoms with E-state index in [9.17, 15) is 45.1 Å². The van der Waals surface area contributed by atoms with E-state index >= 15 is 0 Å². The summed E-state index contributed by atoms with van der Waals surface area (Å²) in [7, 11) is -5.86. The maximum Gasteiger partial charge on any atom is 0.459 e. The van der Waals surface area contributed by atoms with Gasteiger partial charge in [0.15, 0.2) is 0 Å². The highest BCUT2D eigenvalue weighted by atomic mass is 31.2. The first-order valence-electron chi connectivity index (χ1n) is 5.53. The van der Waals surface area contributed by atoms with Gasteiger partial charge in [0.05, 0.1) is 13.4 Å². The van der Waals surface area contributed by atoms with Crippen LogP contribution in [0, 0.1) is 0 Å². The maximum absolute atomic E-state index is 13.2. The molecule has 0 N–H and O–H groups in total. The zero-order valence-electron chi connectivity index (χ0n) is 10.8. The van der Waals surface area contributed by atoms with Crippen LogP contribution < -0.4 is 9.79 Å². The van der Waals surface area contributed by atoms with Gasteiger partial charge in [-0.25, -0.2) is 0 Å². The average Bonchev–Trinajstić information content (AvgIpc) is 2.10. The molecular weight excluding hydrogens is 336 g/mol. The molecule has 0 radical (unpaired) electrons. The Morgan fingerprint density at radius 3 is 1.76 bits per heavy atom. The van der Waals surface area contributed by atoms with E-state index in [1.54, 1.807) is 0 Å². The number of rotatable bonds is 7. The maximum atomic E-state index is 13.2. The third kappa shape index (κ3) is 5.39. The lowest BCUT2D eigenvalue weighted by atomic mass is 9.90. The van der Waals surface area contributed by atoms with Gasteiger partial charge >= 0.3 is 18.0 Å². The van der Waals surface area contributed by atoms with Gasteiger partial charge in [-0.1, -0.05) is 13.3 Å². The molecular formula is C9H12F7O4P-2. The molecule has 0 aliphatic heterocycles. The topological polar surface area (TPSA) is 72.4 Å². The molecule has 21 heavy (non-hydrogen) atoms. The molecule has 12 heteroatoms. The zero-order valence-corrected chi connectivity index (χ0v) is 11.7. The lowest BCUT2D eigenvalue weighted by Gasteiger charge is -2.42. The Kier molecular flexibility index (Phi) is 5.91. The van der Waals surface area contributed by atoms with Crippen molar-refractivity contribution in [3.05, 3.63) is 0 Å². The van der Waals surface area contributed by atoms with Crippen LogP contribution in [0.15, 0.2) is 0 Å². The molecule has 0 saturated carbocycles. The average molecular weight is 348 g/mol. The number of halogens is 7. The van der Waals surface area contributed by atoms with E-state index in [0.29, 0.717) is 6.92 Å². The van der Waals surface area contributed by atoms with Gasteiger partial charge in [0.2, 0.25) is 0 Å². The van der Waals surface area contributed by atoms with Crippen molar-refractivity contribution >= 4 is 7.82 Å². The molecule has 0 heterocycles. The van der Waals surface area contributed by atoms with Gasteiger partial charge in [-0.3, -0.25) is 0 Å². The van der Waals surface area contributed by atoms with Crippen molar-refractivity contribution in [2.75, 3.05) is 0 Å². The second-order valence-corrected chi connectivity index (χ2v) is 5.77. The molecule has 4 nitrogen and oxygen atoms in total. The number of hydrogen-bond donors (Lipinski definition) is 0. The molecule has 1 atom stereocenters. The summed E-state index contributed by atoms with van der Waals surface area (Å²) in [5, 5.41) is 0. The summed E-state index contributed by atoms with van der Waals surface area (Å²) in [4.78, 5) is 20.9. The number of phosphoric ester groups is 1. The fraction of sp³-hybridized carbons (Fsp3) is 1.00. The van der Waals surface area contributed by atoms with Crippen LogP contribution in [0.3, 0.4) is 0 Å². The molecule has 0 rings (SSSR count). The summed E-state index contributed by atoms with van der Waals surface area (Å²) in [5.74, 6) is -12.0. The van der Waals surface area contributed by atoms with E-state index in [1.807, 2.05) is 0 Å². The largest absolute Gasteiger partial charge is 0.790 e. The minimum Gasteiger partial charge on any atom is -0.790 e. The van der Waals surface area contributed by atoms with E-state index in [0.717, 1.165) is 0 Å². The van der Waals surface area contributed by atoms with Crippen molar-refractivity contribution in [2.45, 2.75) is 56.7 Å². The first-order valence-corrected chi connectivity index (χ1v) is 6.99. The summed E-state index contributed by atoms with van der Waals surface area (Å²) in [6, 6.07) is 0. The van der Waals surface area contributed by atoms with Gasteiger partial charge in [-0.15, -0.1) is 0 Å². The van der Waals surface area contributed by atoms with Crippen molar-refractivity contribution in [3.63, 3.8) is 0 Å². The highest BCUT2D eigenvalue weighted by molar-refractivity contribution is 7.43. The van der Waals surface area contributed by atoms with Crippen LogP contribution in [-0.2, 0) is 9.09 Å². The first kappa shape index (κ1) is 20.6. The van der Waals surface area contributed by atoms with Gasteiger partial charge < -0.3 is 18.9 Å². The van der Waals surface area contributed by atoms with E-state index in [4.69, 9.17) is 0 Å². The standard InChI is InChI=1S/C9H14F7O4P/c1-3-4-6(2,20-21(17,18)19)5-7(10,11)8(12,13)9(14,15)16/h3-5H2,1-2H3,(H2,17,18,19)/p-2. The Balaban J connectivity index is 5.48. The Bertz CT molecular complexity index is 405. The SMILES string of the molecule is CCCC(C)(CC(F)(F)C(F)(F)C(F)(F)F)OP(=O)([O-])[O-]. The zero-order chi connectivity index (χ0) is 17.3. The molecule has 0 aliphatic rings. The quantitative estimate of drug-likeness (QED) is 0.524. The van der Waals surface area contributed by atoms with Crippen molar-refractivity contribution in [2.24, 2.45) is 0 Å². The first-order chi connectivity index (χ1) is 8.97. The van der Waals surface area contributed by atoms with Gasteiger partial charge in [-0.05, 0) is 13.3 Å². The van der Waals surface area contributed by atoms with Crippen molar-refractivity contribution in [3.8, 4) is 0 Å². The summed E-state index contributed by atoms with van der Waals surface area (Å²) in [6.07, 6.45) is -9.55. The lowest BCUT2D eigenvalue weighted by molar-refractivity contribution is -0.368. The summed E-state index contributed by atoms with van der Waals surface area (Å²) < 4.78 is 102. The fourth-order valence-electron chi connectivity index (χ4n) is 1.75. The third-order valence-corrected chi connectivity index (χ3v) is 3.19. The lowest BCUT2D eigenvalue weighted by Crippen LogP contribution is -2.55. The van der Waals surface area contributed by atoms with Crippen molar-refractivity contribution in [1.29, 1.82) is 0 Å². The van der Waals surface area contributed by atoms with Gasteiger partial charge in [0, 0.05) is 6.42 Å². The molecule has 0 spiro atoms. The Morgan fingerprint density at radius 1 is 1.05 bits per heavy atom. The van der Waals surface area contributed by atoms with Crippen LogP contribution >= 0.6 is 7.82 Å². The normalized spacial score (nSPS) is 17.7. The van der Waals surface area contributed by atoms with Crippen molar-refractivity contribution < 1.29 is 49.6 Å². The highest BCUT2D eigenvalue weighted by Gasteiger charge is 2.73. The van der Waals surface area contributed by atoms with Gasteiger partial charge in [0.1, 0.15) is 0 Å². The predicted molar refractivity (Wildman–Crippen MR) is 52.6 cm³/mol. The molecule has 0 aromatic heterocycles. The second-order valence-electron chi connectivity index (χ2n) is 4.69. The van der Waals surface area contributed by atoms with Gasteiger partial charge in [-0.2, -0.15) is 30.7 Å². The van der Waals surface area contributed by atoms with E-state index in [-0.39, 0.29) is 6.42 Å². The predicted octanol–water partition coefficient (Wildman–Crippen LogP) is 2.61. The van der Waals surface area contributed by atoms with Gasteiger partial charge in [0.25, 0.3) is 0 Å². The van der Waals surface area contributed by atoms with E-state index in [2.05, 4.69) is 4.52 Å². The minimum absolute atomic E-state index is 0.0931. The molecule has 0 bridgehead atoms. The van der Waals surface area contributed by atoms with Crippen LogP contribution in [0.5, 0.6) is 0 Å². The number of phosphoric acid groups is 1. The Labute approximate surface area is 115 Å². The third-order valence-electron chi connectivity index (χ3n) is 2.52. The highest BCUT2D eigenvalue weighted by Crippen LogP contribution is 2.52. The molecule has 0 fully saturated rings. The summed E-state index contributed by atoms with van der Waals surface area (Å²) in [6.45, 7) is 1.86. The van der Waals surface area contributed by atoms with E-state index < -0.39 is 44.3 Å². The van der Waals surface area contributed by atoms with Crippen molar-refractivity contribution in [1.82, 2.24) is 0 Å². The fourth-order valence-corrected chi connectivity index (χ4v) is 2.45. The van der Waals surface area contributed by atoms with Crippen LogP contribution in [0.1, 0.15) is 33.1 Å². The molecule has 0 amide bonds. The molecule has 0 aliphatic carbocycles. The minimum atomic E-state index is -6.54. The van der Waals surface area contributed by atoms with Crippen LogP contribution in [-0.4, -0.2) is 23.6 Å². The molecule has 1 unspecified atom stereocenters. The van der Waals surface area contributed by atoms with Crippen LogP contribution in [0.2, 0.25) is 0 Å². The number of alkyl halides is 7. The summed E-state index contributed by atoms with van der Waals surface area (Å²) >= 11 is 0. The molecule has 0 aromatic carbocycles. The van der Waals surface area contributed by atoms with E-state index in [1.165, 1.54) is 6.92 Å². The summed E-state index contributed by atoms with van der Waals surface area (Å²) in [5.41, 5.74) is -2.67. The molecule has 0 aromatic rings. The smallest absolute Gasteiger partial charge is 0.459 e. The Morgan fingerprint density at radius 2 is 1.48 bits per heavy atom. The Hall–Kier alpha value is -0.380.